The van der Waals surface area contributed by atoms with Crippen molar-refractivity contribution >= 4 is 0 Å². The smallest absolute Gasteiger partial charge is 0.117 e. The van der Waals surface area contributed by atoms with E-state index in [1.807, 2.05) is 0 Å². The summed E-state index contributed by atoms with van der Waals surface area (Å²) in [5.74, 6) is 0. The van der Waals surface area contributed by atoms with Crippen LogP contribution in [0.5, 0.6) is 0 Å². The van der Waals surface area contributed by atoms with Gasteiger partial charge in [0, 0.05) is 18.4 Å². The van der Waals surface area contributed by atoms with Crippen molar-refractivity contribution in [1.82, 2.24) is 5.32 Å². The van der Waals surface area contributed by atoms with Crippen LogP contribution in [-0.4, -0.2) is 42.7 Å². The van der Waals surface area contributed by atoms with E-state index in [9.17, 15) is 5.26 Å². The largest absolute Gasteiger partial charge is 0.328 e. The van der Waals surface area contributed by atoms with Gasteiger partial charge < -0.3 is 4.48 Å². The third-order valence-electron chi connectivity index (χ3n) is 3.12. The summed E-state index contributed by atoms with van der Waals surface area (Å²) in [6.07, 6.45) is 1.90. The molecule has 0 unspecified atom stereocenters. The molecule has 0 amide bonds. The molecule has 3 heteroatoms. The van der Waals surface area contributed by atoms with Gasteiger partial charge in [-0.25, -0.2) is 0 Å². The minimum atomic E-state index is -0.300. The molecule has 0 bridgehead atoms. The number of nitrogens with zero attached hydrogens (tertiary/aromatic N) is 2. The van der Waals surface area contributed by atoms with Gasteiger partial charge >= 0.3 is 0 Å². The van der Waals surface area contributed by atoms with Crippen LogP contribution in [0.15, 0.2) is 0 Å². The van der Waals surface area contributed by atoms with Gasteiger partial charge in [0.2, 0.25) is 0 Å². The molecule has 0 spiro atoms. The van der Waals surface area contributed by atoms with Crippen molar-refractivity contribution in [3.63, 3.8) is 0 Å². The summed E-state index contributed by atoms with van der Waals surface area (Å²) in [7, 11) is 4.47. The molecule has 0 atom stereocenters. The van der Waals surface area contributed by atoms with Crippen LogP contribution in [0.4, 0.5) is 0 Å². The minimum absolute atomic E-state index is 0. The molecule has 0 aromatic heterocycles. The van der Waals surface area contributed by atoms with E-state index in [1.165, 1.54) is 0 Å². The van der Waals surface area contributed by atoms with E-state index in [1.54, 1.807) is 0 Å². The molecule has 0 saturated carbocycles. The van der Waals surface area contributed by atoms with Crippen LogP contribution in [0, 0.1) is 11.3 Å². The Morgan fingerprint density at radius 2 is 1.62 bits per heavy atom. The monoisotopic (exact) mass is 226 g/mol. The maximum absolute atomic E-state index is 9.36. The number of nitrogens with one attached hydrogen (secondary N) is 1. The molecule has 94 valence electrons. The fraction of sp³-hybridized carbons (Fsp3) is 0.923. The zero-order valence-electron chi connectivity index (χ0n) is 10.7. The number of quaternary nitrogens is 1. The summed E-state index contributed by atoms with van der Waals surface area (Å²) >= 11 is 0. The zero-order chi connectivity index (χ0) is 11.7. The first-order chi connectivity index (χ1) is 6.68. The van der Waals surface area contributed by atoms with Crippen molar-refractivity contribution in [2.75, 3.05) is 27.2 Å². The Bertz CT molecular complexity index is 258. The van der Waals surface area contributed by atoms with E-state index in [4.69, 9.17) is 0 Å². The average molecular weight is 226 g/mol. The molecule has 1 N–H and O–H groups in total. The number of piperidine rings is 1. The number of rotatable bonds is 1. The van der Waals surface area contributed by atoms with Gasteiger partial charge in [-0.3, -0.25) is 5.32 Å². The van der Waals surface area contributed by atoms with E-state index in [0.29, 0.717) is 0 Å². The molecule has 1 aliphatic rings. The summed E-state index contributed by atoms with van der Waals surface area (Å²) in [6, 6.07) is 2.49. The van der Waals surface area contributed by atoms with E-state index < -0.39 is 0 Å². The number of nitriles is 1. The highest BCUT2D eigenvalue weighted by atomic mass is 15.3. The second-order valence-electron chi connectivity index (χ2n) is 6.45. The lowest BCUT2D eigenvalue weighted by molar-refractivity contribution is -0.896. The molecule has 1 aliphatic heterocycles. The van der Waals surface area contributed by atoms with Gasteiger partial charge in [-0.2, -0.15) is 5.26 Å². The SMILES string of the molecule is C.CC(C)(C)NC1(C#N)CC[N+](C)(C)CC1. The third kappa shape index (κ3) is 4.11. The maximum Gasteiger partial charge on any atom is 0.117 e. The van der Waals surface area contributed by atoms with Gasteiger partial charge in [0.25, 0.3) is 0 Å². The van der Waals surface area contributed by atoms with E-state index in [-0.39, 0.29) is 18.5 Å². The highest BCUT2D eigenvalue weighted by molar-refractivity contribution is 5.10. The van der Waals surface area contributed by atoms with Crippen molar-refractivity contribution in [3.05, 3.63) is 0 Å². The maximum atomic E-state index is 9.36. The quantitative estimate of drug-likeness (QED) is 0.695. The van der Waals surface area contributed by atoms with Gasteiger partial charge in [0.05, 0.1) is 33.3 Å². The summed E-state index contributed by atoms with van der Waals surface area (Å²) in [4.78, 5) is 0. The Kier molecular flexibility index (Phi) is 4.55. The van der Waals surface area contributed by atoms with Crippen LogP contribution < -0.4 is 5.32 Å². The lowest BCUT2D eigenvalue weighted by Gasteiger charge is -2.44. The second-order valence-corrected chi connectivity index (χ2v) is 6.45. The van der Waals surface area contributed by atoms with Crippen LogP contribution in [0.2, 0.25) is 0 Å². The highest BCUT2D eigenvalue weighted by Gasteiger charge is 2.41. The topological polar surface area (TPSA) is 35.8 Å². The molecule has 1 fully saturated rings. The molecule has 16 heavy (non-hydrogen) atoms. The van der Waals surface area contributed by atoms with Crippen LogP contribution in [-0.2, 0) is 0 Å². The minimum Gasteiger partial charge on any atom is -0.328 e. The molecule has 1 saturated heterocycles. The van der Waals surface area contributed by atoms with Gasteiger partial charge in [-0.15, -0.1) is 0 Å². The fourth-order valence-electron chi connectivity index (χ4n) is 2.21. The summed E-state index contributed by atoms with van der Waals surface area (Å²) in [5.41, 5.74) is -0.282. The Labute approximate surface area is 101 Å². The molecule has 3 nitrogen and oxygen atoms in total. The van der Waals surface area contributed by atoms with Crippen molar-refractivity contribution < 1.29 is 4.48 Å². The number of likely N-dealkylation sites (tertiary alicyclic amines) is 1. The third-order valence-corrected chi connectivity index (χ3v) is 3.12. The number of hydrogen-bond acceptors (Lipinski definition) is 2. The van der Waals surface area contributed by atoms with Crippen LogP contribution in [0.1, 0.15) is 41.0 Å². The van der Waals surface area contributed by atoms with Gasteiger partial charge in [0.15, 0.2) is 0 Å². The molecule has 0 radical (unpaired) electrons. The van der Waals surface area contributed by atoms with Crippen LogP contribution in [0.25, 0.3) is 0 Å². The van der Waals surface area contributed by atoms with E-state index >= 15 is 0 Å². The van der Waals surface area contributed by atoms with Crippen molar-refractivity contribution in [2.24, 2.45) is 0 Å². The molecule has 0 aromatic carbocycles. The molecule has 1 heterocycles. The van der Waals surface area contributed by atoms with E-state index in [0.717, 1.165) is 30.4 Å². The first-order valence-corrected chi connectivity index (χ1v) is 5.71. The highest BCUT2D eigenvalue weighted by Crippen LogP contribution is 2.26. The average Bonchev–Trinajstić information content (AvgIpc) is 2.07. The van der Waals surface area contributed by atoms with Gasteiger partial charge in [-0.05, 0) is 20.8 Å². The number of hydrogen-bond donors (Lipinski definition) is 1. The first kappa shape index (κ1) is 15.4. The molecule has 0 aliphatic carbocycles. The van der Waals surface area contributed by atoms with Crippen LogP contribution in [0.3, 0.4) is 0 Å². The Morgan fingerprint density at radius 1 is 1.19 bits per heavy atom. The molecule has 0 aromatic rings. The lowest BCUT2D eigenvalue weighted by atomic mass is 9.85. The predicted molar refractivity (Wildman–Crippen MR) is 69.0 cm³/mol. The fourth-order valence-corrected chi connectivity index (χ4v) is 2.21. The normalized spacial score (nSPS) is 23.0. The van der Waals surface area contributed by atoms with Crippen molar-refractivity contribution in [1.29, 1.82) is 5.26 Å². The predicted octanol–water partition coefficient (Wildman–Crippen LogP) is 2.14. The summed E-state index contributed by atoms with van der Waals surface area (Å²) in [6.45, 7) is 8.54. The lowest BCUT2D eigenvalue weighted by Crippen LogP contribution is -2.61. The van der Waals surface area contributed by atoms with Crippen LogP contribution >= 0.6 is 0 Å². The zero-order valence-corrected chi connectivity index (χ0v) is 10.7. The van der Waals surface area contributed by atoms with Gasteiger partial charge in [0.1, 0.15) is 5.54 Å². The van der Waals surface area contributed by atoms with Crippen molar-refractivity contribution in [2.45, 2.75) is 52.1 Å². The molecular weight excluding hydrogens is 198 g/mol. The standard InChI is InChI=1S/C12H24N3.CH4/c1-11(2,3)14-12(10-13)6-8-15(4,5)9-7-12;/h14H,6-9H2,1-5H3;1H4/q+1;. The Hall–Kier alpha value is -0.590. The Balaban J connectivity index is 0.00000225. The Morgan fingerprint density at radius 3 is 1.94 bits per heavy atom. The first-order valence-electron chi connectivity index (χ1n) is 5.71. The summed E-state index contributed by atoms with van der Waals surface area (Å²) < 4.78 is 1.04. The second kappa shape index (κ2) is 4.73. The molecular formula is C13H28N3+. The van der Waals surface area contributed by atoms with Gasteiger partial charge in [-0.1, -0.05) is 7.43 Å². The summed E-state index contributed by atoms with van der Waals surface area (Å²) in [5, 5.41) is 12.8. The molecule has 1 rings (SSSR count). The van der Waals surface area contributed by atoms with Crippen molar-refractivity contribution in [3.8, 4) is 6.07 Å². The van der Waals surface area contributed by atoms with E-state index in [2.05, 4.69) is 46.3 Å².